The molecular weight excluding hydrogens is 412 g/mol. The zero-order valence-electron chi connectivity index (χ0n) is 17.5. The maximum atomic E-state index is 9.59. The van der Waals surface area contributed by atoms with Gasteiger partial charge in [0.05, 0.1) is 22.0 Å². The highest BCUT2D eigenvalue weighted by atomic mass is 35.5. The molecule has 0 bridgehead atoms. The highest BCUT2D eigenvalue weighted by molar-refractivity contribution is 6.33. The van der Waals surface area contributed by atoms with Crippen LogP contribution in [0.4, 0.5) is 5.69 Å². The number of nitrogens with one attached hydrogen (secondary N) is 1. The highest BCUT2D eigenvalue weighted by Crippen LogP contribution is 2.33. The maximum Gasteiger partial charge on any atom is 0.296 e. The number of imidazole rings is 1. The second-order valence-electron chi connectivity index (χ2n) is 8.56. The number of rotatable bonds is 5. The molecule has 2 fully saturated rings. The van der Waals surface area contributed by atoms with Gasteiger partial charge in [0, 0.05) is 30.3 Å². The van der Waals surface area contributed by atoms with Crippen molar-refractivity contribution >= 4 is 28.5 Å². The number of allylic oxidation sites excluding steroid dienone is 1. The molecule has 1 saturated heterocycles. The number of aromatic nitrogens is 3. The summed E-state index contributed by atoms with van der Waals surface area (Å²) in [6.07, 6.45) is 6.07. The van der Waals surface area contributed by atoms with Crippen LogP contribution in [0.15, 0.2) is 42.7 Å². The zero-order chi connectivity index (χ0) is 21.4. The van der Waals surface area contributed by atoms with Gasteiger partial charge in [0.2, 0.25) is 0 Å². The Labute approximate surface area is 186 Å². The molecule has 0 radical (unpaired) electrons. The van der Waals surface area contributed by atoms with E-state index in [0.29, 0.717) is 16.7 Å². The van der Waals surface area contributed by atoms with Crippen LogP contribution in [0.3, 0.4) is 0 Å². The van der Waals surface area contributed by atoms with Crippen LogP contribution in [0.25, 0.3) is 22.4 Å². The van der Waals surface area contributed by atoms with Crippen molar-refractivity contribution in [2.24, 2.45) is 5.92 Å². The van der Waals surface area contributed by atoms with Gasteiger partial charge in [0.25, 0.3) is 6.01 Å². The van der Waals surface area contributed by atoms with E-state index in [1.54, 1.807) is 0 Å². The molecule has 2 N–H and O–H groups in total. The summed E-state index contributed by atoms with van der Waals surface area (Å²) in [6.45, 7) is 5.90. The van der Waals surface area contributed by atoms with Crippen molar-refractivity contribution in [3.05, 3.63) is 47.7 Å². The highest BCUT2D eigenvalue weighted by Gasteiger charge is 2.25. The van der Waals surface area contributed by atoms with E-state index < -0.39 is 0 Å². The van der Waals surface area contributed by atoms with Crippen molar-refractivity contribution in [3.8, 4) is 17.3 Å². The fourth-order valence-electron chi connectivity index (χ4n) is 4.63. The van der Waals surface area contributed by atoms with Crippen LogP contribution in [0.2, 0.25) is 5.02 Å². The average Bonchev–Trinajstić information content (AvgIpc) is 3.43. The van der Waals surface area contributed by atoms with Gasteiger partial charge in [-0.25, -0.2) is 4.98 Å². The number of hydrogen-bond acceptors (Lipinski definition) is 5. The lowest BCUT2D eigenvalue weighted by Gasteiger charge is -2.27. The summed E-state index contributed by atoms with van der Waals surface area (Å²) in [7, 11) is 0. The van der Waals surface area contributed by atoms with E-state index in [-0.39, 0.29) is 17.8 Å². The minimum Gasteiger partial charge on any atom is -0.513 e. The van der Waals surface area contributed by atoms with Crippen molar-refractivity contribution < 1.29 is 9.84 Å². The standard InChI is InChI=1S/C24H27ClN4O2/c1-15(30)16-6-10-19(11-7-16)31-24-26-21-14-20(25)22(27-23(21)28-24)17-4-8-18(9-5-17)29-12-2-3-13-29/h4-5,8-9,14,16,19,30H,1-3,6-7,10-13H2,(H,26,27,28). The Morgan fingerprint density at radius 1 is 1.10 bits per heavy atom. The van der Waals surface area contributed by atoms with E-state index in [9.17, 15) is 5.11 Å². The number of fused-ring (bicyclic) bond motifs is 1. The number of aliphatic hydroxyl groups is 1. The van der Waals surface area contributed by atoms with Crippen LogP contribution in [0, 0.1) is 5.92 Å². The molecule has 162 valence electrons. The van der Waals surface area contributed by atoms with Gasteiger partial charge < -0.3 is 19.7 Å². The summed E-state index contributed by atoms with van der Waals surface area (Å²) in [5.74, 6) is 0.456. The van der Waals surface area contributed by atoms with E-state index in [1.807, 2.05) is 6.07 Å². The maximum absolute atomic E-state index is 9.59. The van der Waals surface area contributed by atoms with Gasteiger partial charge in [-0.3, -0.25) is 0 Å². The van der Waals surface area contributed by atoms with Crippen molar-refractivity contribution in [2.75, 3.05) is 18.0 Å². The number of halogens is 1. The Morgan fingerprint density at radius 2 is 1.81 bits per heavy atom. The second-order valence-corrected chi connectivity index (χ2v) is 8.96. The average molecular weight is 439 g/mol. The van der Waals surface area contributed by atoms with Crippen LogP contribution in [0.5, 0.6) is 6.01 Å². The van der Waals surface area contributed by atoms with Crippen LogP contribution in [-0.2, 0) is 0 Å². The molecule has 1 aromatic carbocycles. The smallest absolute Gasteiger partial charge is 0.296 e. The van der Waals surface area contributed by atoms with Crippen LogP contribution in [0.1, 0.15) is 38.5 Å². The molecule has 5 rings (SSSR count). The molecule has 6 nitrogen and oxygen atoms in total. The second kappa shape index (κ2) is 8.42. The molecule has 3 aromatic rings. The van der Waals surface area contributed by atoms with Gasteiger partial charge in [0.1, 0.15) is 6.10 Å². The molecule has 1 saturated carbocycles. The first kappa shape index (κ1) is 20.2. The fourth-order valence-corrected chi connectivity index (χ4v) is 4.89. The molecule has 0 spiro atoms. The third kappa shape index (κ3) is 4.22. The van der Waals surface area contributed by atoms with Gasteiger partial charge >= 0.3 is 0 Å². The third-order valence-electron chi connectivity index (χ3n) is 6.44. The van der Waals surface area contributed by atoms with Gasteiger partial charge in [-0.1, -0.05) is 30.3 Å². The Hall–Kier alpha value is -2.73. The Balaban J connectivity index is 1.33. The van der Waals surface area contributed by atoms with E-state index in [1.165, 1.54) is 18.5 Å². The van der Waals surface area contributed by atoms with Gasteiger partial charge in [-0.05, 0) is 56.7 Å². The SMILES string of the molecule is C=C(O)C1CCC(Oc2nc3nc(-c4ccc(N5CCCC5)cc4)c(Cl)cc3[nH]2)CC1. The van der Waals surface area contributed by atoms with Gasteiger partial charge in [0.15, 0.2) is 5.65 Å². The molecule has 1 aliphatic carbocycles. The minimum absolute atomic E-state index is 0.0734. The first-order chi connectivity index (χ1) is 15.1. The molecular formula is C24H27ClN4O2. The minimum atomic E-state index is 0.0734. The number of aromatic amines is 1. The normalized spacial score (nSPS) is 21.5. The quantitative estimate of drug-likeness (QED) is 0.486. The molecule has 7 heteroatoms. The van der Waals surface area contributed by atoms with Crippen molar-refractivity contribution in [1.29, 1.82) is 0 Å². The largest absolute Gasteiger partial charge is 0.513 e. The molecule has 3 heterocycles. The number of anilines is 1. The molecule has 2 aromatic heterocycles. The predicted molar refractivity (Wildman–Crippen MR) is 124 cm³/mol. The van der Waals surface area contributed by atoms with Gasteiger partial charge in [-0.2, -0.15) is 4.98 Å². The van der Waals surface area contributed by atoms with Crippen LogP contribution in [-0.4, -0.2) is 39.3 Å². The Kier molecular flexibility index (Phi) is 5.48. The predicted octanol–water partition coefficient (Wildman–Crippen LogP) is 5.89. The fraction of sp³-hybridized carbons (Fsp3) is 0.417. The van der Waals surface area contributed by atoms with E-state index in [4.69, 9.17) is 21.3 Å². The molecule has 31 heavy (non-hydrogen) atoms. The number of benzene rings is 1. The summed E-state index contributed by atoms with van der Waals surface area (Å²) in [5, 5.41) is 10.2. The summed E-state index contributed by atoms with van der Waals surface area (Å²) in [6, 6.07) is 10.8. The van der Waals surface area contributed by atoms with Crippen molar-refractivity contribution in [2.45, 2.75) is 44.6 Å². The van der Waals surface area contributed by atoms with Crippen molar-refractivity contribution in [1.82, 2.24) is 15.0 Å². The summed E-state index contributed by atoms with van der Waals surface area (Å²) < 4.78 is 6.06. The lowest BCUT2D eigenvalue weighted by atomic mass is 9.86. The molecule has 0 amide bonds. The zero-order valence-corrected chi connectivity index (χ0v) is 18.2. The molecule has 0 atom stereocenters. The van der Waals surface area contributed by atoms with E-state index in [0.717, 1.165) is 55.5 Å². The molecule has 0 unspecified atom stereocenters. The third-order valence-corrected chi connectivity index (χ3v) is 6.73. The number of aliphatic hydroxyl groups excluding tert-OH is 1. The molecule has 1 aliphatic heterocycles. The van der Waals surface area contributed by atoms with Crippen LogP contribution >= 0.6 is 11.6 Å². The summed E-state index contributed by atoms with van der Waals surface area (Å²) >= 11 is 6.56. The number of ether oxygens (including phenoxy) is 1. The number of nitrogens with zero attached hydrogens (tertiary/aromatic N) is 3. The Morgan fingerprint density at radius 3 is 2.48 bits per heavy atom. The monoisotopic (exact) mass is 438 g/mol. The first-order valence-corrected chi connectivity index (χ1v) is 11.4. The topological polar surface area (TPSA) is 74.3 Å². The molecule has 2 aliphatic rings. The Bertz CT molecular complexity index is 1080. The van der Waals surface area contributed by atoms with E-state index >= 15 is 0 Å². The lowest BCUT2D eigenvalue weighted by molar-refractivity contribution is 0.118. The lowest BCUT2D eigenvalue weighted by Crippen LogP contribution is -2.25. The summed E-state index contributed by atoms with van der Waals surface area (Å²) in [5.41, 5.74) is 4.30. The first-order valence-electron chi connectivity index (χ1n) is 11.0. The van der Waals surface area contributed by atoms with Crippen LogP contribution < -0.4 is 9.64 Å². The van der Waals surface area contributed by atoms with E-state index in [2.05, 4.69) is 45.7 Å². The summed E-state index contributed by atoms with van der Waals surface area (Å²) in [4.78, 5) is 14.8. The number of hydrogen-bond donors (Lipinski definition) is 2. The number of pyridine rings is 1. The van der Waals surface area contributed by atoms with Gasteiger partial charge in [-0.15, -0.1) is 0 Å². The van der Waals surface area contributed by atoms with Crippen molar-refractivity contribution in [3.63, 3.8) is 0 Å². The number of H-pyrrole nitrogens is 1.